The molecule has 2 rings (SSSR count). The second kappa shape index (κ2) is 7.97. The maximum absolute atomic E-state index is 8.99. The normalized spacial score (nSPS) is 9.00. The van der Waals surface area contributed by atoms with E-state index < -0.39 is 0 Å². The highest BCUT2D eigenvalue weighted by atomic mass is 17.2. The van der Waals surface area contributed by atoms with Crippen LogP contribution in [0.25, 0.3) is 0 Å². The summed E-state index contributed by atoms with van der Waals surface area (Å²) in [4.78, 5) is 9.13. The van der Waals surface area contributed by atoms with Gasteiger partial charge in [-0.05, 0) is 24.3 Å². The maximum atomic E-state index is 8.99. The maximum Gasteiger partial charge on any atom is 0.165 e. The second-order valence-corrected chi connectivity index (χ2v) is 3.23. The van der Waals surface area contributed by atoms with Gasteiger partial charge in [-0.15, -0.1) is 0 Å². The molecule has 0 aromatic heterocycles. The van der Waals surface area contributed by atoms with Crippen molar-refractivity contribution in [3.63, 3.8) is 0 Å². The predicted molar refractivity (Wildman–Crippen MR) is 68.7 cm³/mol. The predicted octanol–water partition coefficient (Wildman–Crippen LogP) is 3.03. The van der Waals surface area contributed by atoms with Crippen LogP contribution in [0, 0.1) is 0 Å². The van der Waals surface area contributed by atoms with Crippen LogP contribution in [0.2, 0.25) is 0 Å². The molecule has 0 aliphatic heterocycles. The van der Waals surface area contributed by atoms with E-state index in [2.05, 4.69) is 4.89 Å². The lowest BCUT2D eigenvalue weighted by molar-refractivity contribution is -0.178. The van der Waals surface area contributed by atoms with Gasteiger partial charge in [0.1, 0.15) is 0 Å². The summed E-state index contributed by atoms with van der Waals surface area (Å²) >= 11 is 0. The van der Waals surface area contributed by atoms with Gasteiger partial charge < -0.3 is 14.7 Å². The third-order valence-electron chi connectivity index (χ3n) is 2.01. The average Bonchev–Trinajstić information content (AvgIpc) is 2.42. The van der Waals surface area contributed by atoms with E-state index in [-0.39, 0.29) is 5.75 Å². The van der Waals surface area contributed by atoms with Gasteiger partial charge in [-0.1, -0.05) is 30.3 Å². The van der Waals surface area contributed by atoms with Crippen LogP contribution in [0.5, 0.6) is 17.2 Å². The summed E-state index contributed by atoms with van der Waals surface area (Å²) in [6.45, 7) is 0. The van der Waals surface area contributed by atoms with Gasteiger partial charge in [0.05, 0.1) is 14.2 Å². The van der Waals surface area contributed by atoms with E-state index in [9.17, 15) is 0 Å². The lowest BCUT2D eigenvalue weighted by Crippen LogP contribution is -1.88. The molecule has 4 heteroatoms. The third-order valence-corrected chi connectivity index (χ3v) is 2.01. The number of methoxy groups -OCH3 is 1. The molecule has 0 saturated carbocycles. The molecule has 0 bridgehead atoms. The molecule has 0 unspecified atom stereocenters. The van der Waals surface area contributed by atoms with E-state index >= 15 is 0 Å². The number of para-hydroxylation sites is 3. The molecule has 2 aromatic rings. The minimum atomic E-state index is 0.181. The van der Waals surface area contributed by atoms with Crippen LogP contribution in [0.4, 0.5) is 0 Å². The van der Waals surface area contributed by atoms with Gasteiger partial charge in [0.15, 0.2) is 17.2 Å². The Kier molecular flexibility index (Phi) is 6.14. The Labute approximate surface area is 106 Å². The lowest BCUT2D eigenvalue weighted by Gasteiger charge is -1.99. The van der Waals surface area contributed by atoms with E-state index in [1.54, 1.807) is 24.3 Å². The van der Waals surface area contributed by atoms with E-state index in [1.807, 2.05) is 30.3 Å². The molecular formula is C14H16O4. The first-order valence-corrected chi connectivity index (χ1v) is 5.35. The monoisotopic (exact) mass is 248 g/mol. The van der Waals surface area contributed by atoms with Crippen LogP contribution in [0.1, 0.15) is 0 Å². The van der Waals surface area contributed by atoms with Crippen molar-refractivity contribution in [2.45, 2.75) is 0 Å². The molecule has 1 N–H and O–H groups in total. The number of ether oxygens (including phenoxy) is 1. The minimum absolute atomic E-state index is 0.181. The summed E-state index contributed by atoms with van der Waals surface area (Å²) in [6, 6.07) is 16.2. The van der Waals surface area contributed by atoms with Crippen LogP contribution >= 0.6 is 0 Å². The second-order valence-electron chi connectivity index (χ2n) is 3.23. The first kappa shape index (κ1) is 13.9. The van der Waals surface area contributed by atoms with Crippen LogP contribution in [-0.2, 0) is 4.89 Å². The number of benzene rings is 2. The molecule has 0 aliphatic carbocycles. The molecule has 0 spiro atoms. The highest BCUT2D eigenvalue weighted by molar-refractivity contribution is 5.37. The number of rotatable bonds is 3. The minimum Gasteiger partial charge on any atom is -0.504 e. The van der Waals surface area contributed by atoms with Crippen molar-refractivity contribution in [1.82, 2.24) is 0 Å². The van der Waals surface area contributed by atoms with Gasteiger partial charge in [-0.2, -0.15) is 4.89 Å². The zero-order valence-corrected chi connectivity index (χ0v) is 10.4. The first-order valence-electron chi connectivity index (χ1n) is 5.35. The molecule has 2 aromatic carbocycles. The Morgan fingerprint density at radius 2 is 1.44 bits per heavy atom. The van der Waals surface area contributed by atoms with Gasteiger partial charge in [-0.25, -0.2) is 0 Å². The Hall–Kier alpha value is -2.20. The van der Waals surface area contributed by atoms with E-state index in [4.69, 9.17) is 14.7 Å². The Balaban J connectivity index is 0.000000180. The standard InChI is InChI=1S/2C7H8O2/c1-9-7-5-3-2-4-6(7)8;1-8-9-7-5-3-2-4-6-7/h2-5,8H,1H3;2-6H,1H3. The largest absolute Gasteiger partial charge is 0.504 e. The fourth-order valence-corrected chi connectivity index (χ4v) is 1.20. The summed E-state index contributed by atoms with van der Waals surface area (Å²) in [7, 11) is 3.00. The van der Waals surface area contributed by atoms with Crippen molar-refractivity contribution >= 4 is 0 Å². The highest BCUT2D eigenvalue weighted by Gasteiger charge is 1.94. The molecule has 18 heavy (non-hydrogen) atoms. The summed E-state index contributed by atoms with van der Waals surface area (Å²) in [5.41, 5.74) is 0. The van der Waals surface area contributed by atoms with Crippen molar-refractivity contribution in [1.29, 1.82) is 0 Å². The Morgan fingerprint density at radius 3 is 1.94 bits per heavy atom. The van der Waals surface area contributed by atoms with E-state index in [0.29, 0.717) is 5.75 Å². The van der Waals surface area contributed by atoms with E-state index in [1.165, 1.54) is 14.2 Å². The van der Waals surface area contributed by atoms with Crippen molar-refractivity contribution < 1.29 is 19.6 Å². The van der Waals surface area contributed by atoms with Crippen LogP contribution in [-0.4, -0.2) is 19.3 Å². The summed E-state index contributed by atoms with van der Waals surface area (Å²) in [6.07, 6.45) is 0. The third kappa shape index (κ3) is 4.76. The molecule has 0 aliphatic rings. The zero-order chi connectivity index (χ0) is 13.2. The van der Waals surface area contributed by atoms with Crippen molar-refractivity contribution in [2.75, 3.05) is 14.2 Å². The molecule has 4 nitrogen and oxygen atoms in total. The van der Waals surface area contributed by atoms with Gasteiger partial charge >= 0.3 is 0 Å². The highest BCUT2D eigenvalue weighted by Crippen LogP contribution is 2.23. The fraction of sp³-hybridized carbons (Fsp3) is 0.143. The topological polar surface area (TPSA) is 47.9 Å². The van der Waals surface area contributed by atoms with Crippen molar-refractivity contribution in [3.8, 4) is 17.2 Å². The number of aromatic hydroxyl groups is 1. The molecule has 0 fully saturated rings. The number of hydrogen-bond donors (Lipinski definition) is 1. The molecular weight excluding hydrogens is 232 g/mol. The molecule has 96 valence electrons. The quantitative estimate of drug-likeness (QED) is 0.670. The molecule has 0 saturated heterocycles. The van der Waals surface area contributed by atoms with Crippen LogP contribution < -0.4 is 9.62 Å². The average molecular weight is 248 g/mol. The number of phenolic OH excluding ortho intramolecular Hbond substituents is 1. The van der Waals surface area contributed by atoms with Crippen LogP contribution in [0.3, 0.4) is 0 Å². The van der Waals surface area contributed by atoms with Gasteiger partial charge in [0, 0.05) is 0 Å². The Bertz CT molecular complexity index is 443. The summed E-state index contributed by atoms with van der Waals surface area (Å²) < 4.78 is 4.79. The van der Waals surface area contributed by atoms with Gasteiger partial charge in [0.25, 0.3) is 0 Å². The number of phenols is 1. The number of hydrogen-bond acceptors (Lipinski definition) is 4. The SMILES string of the molecule is COOc1ccccc1.COc1ccccc1O. The molecule has 0 radical (unpaired) electrons. The molecule has 0 amide bonds. The molecule has 0 heterocycles. The zero-order valence-electron chi connectivity index (χ0n) is 10.4. The van der Waals surface area contributed by atoms with Crippen LogP contribution in [0.15, 0.2) is 54.6 Å². The van der Waals surface area contributed by atoms with Gasteiger partial charge in [0.2, 0.25) is 0 Å². The first-order chi connectivity index (χ1) is 8.77. The fourth-order valence-electron chi connectivity index (χ4n) is 1.20. The lowest BCUT2D eigenvalue weighted by atomic mass is 10.3. The van der Waals surface area contributed by atoms with Crippen molar-refractivity contribution in [2.24, 2.45) is 0 Å². The summed E-state index contributed by atoms with van der Waals surface area (Å²) in [5.74, 6) is 1.41. The smallest absolute Gasteiger partial charge is 0.165 e. The molecule has 0 atom stereocenters. The van der Waals surface area contributed by atoms with E-state index in [0.717, 1.165) is 5.75 Å². The Morgan fingerprint density at radius 1 is 0.833 bits per heavy atom. The summed E-state index contributed by atoms with van der Waals surface area (Å²) in [5, 5.41) is 8.99. The van der Waals surface area contributed by atoms with Gasteiger partial charge in [-0.3, -0.25) is 0 Å². The van der Waals surface area contributed by atoms with Crippen molar-refractivity contribution in [3.05, 3.63) is 54.6 Å².